The fourth-order valence-corrected chi connectivity index (χ4v) is 2.80. The third kappa shape index (κ3) is 2.76. The van der Waals surface area contributed by atoms with Crippen LogP contribution >= 0.6 is 0 Å². The highest BCUT2D eigenvalue weighted by Crippen LogP contribution is 2.49. The summed E-state index contributed by atoms with van der Waals surface area (Å²) < 4.78 is 16.7. The molecule has 2 aliphatic rings. The van der Waals surface area contributed by atoms with Crippen LogP contribution in [0.15, 0.2) is 37.1 Å². The lowest BCUT2D eigenvalue weighted by atomic mass is 9.83. The van der Waals surface area contributed by atoms with E-state index in [2.05, 4.69) is 13.5 Å². The molecule has 1 aliphatic carbocycles. The van der Waals surface area contributed by atoms with Gasteiger partial charge in [0.25, 0.3) is 0 Å². The van der Waals surface area contributed by atoms with Crippen molar-refractivity contribution in [1.29, 1.82) is 0 Å². The van der Waals surface area contributed by atoms with E-state index in [9.17, 15) is 0 Å². The van der Waals surface area contributed by atoms with Crippen LogP contribution in [0.25, 0.3) is 0 Å². The summed E-state index contributed by atoms with van der Waals surface area (Å²) in [6.45, 7) is 6.52. The maximum absolute atomic E-state index is 5.84. The first kappa shape index (κ1) is 12.5. The zero-order valence-corrected chi connectivity index (χ0v) is 11.3. The molecule has 1 saturated carbocycles. The van der Waals surface area contributed by atoms with Crippen LogP contribution in [0.5, 0.6) is 11.5 Å². The largest absolute Gasteiger partial charge is 0.493 e. The Hall–Kier alpha value is -1.48. The Morgan fingerprint density at radius 3 is 2.79 bits per heavy atom. The molecule has 3 atom stereocenters. The van der Waals surface area contributed by atoms with Gasteiger partial charge in [0.05, 0.1) is 24.6 Å². The maximum Gasteiger partial charge on any atom is 0.126 e. The Morgan fingerprint density at radius 1 is 1.37 bits per heavy atom. The molecule has 1 aromatic rings. The molecule has 0 amide bonds. The Balaban J connectivity index is 1.48. The highest BCUT2D eigenvalue weighted by molar-refractivity contribution is 5.31. The van der Waals surface area contributed by atoms with E-state index in [1.165, 1.54) is 12.7 Å². The van der Waals surface area contributed by atoms with E-state index in [1.807, 2.05) is 24.3 Å². The van der Waals surface area contributed by atoms with Crippen molar-refractivity contribution in [3.05, 3.63) is 37.1 Å². The van der Waals surface area contributed by atoms with Crippen LogP contribution in [-0.4, -0.2) is 18.3 Å². The van der Waals surface area contributed by atoms with Crippen molar-refractivity contribution in [2.75, 3.05) is 6.61 Å². The average Bonchev–Trinajstić information content (AvgIpc) is 3.09. The van der Waals surface area contributed by atoms with Gasteiger partial charge < -0.3 is 14.2 Å². The SMILES string of the molecule is C=COc1ccc(OCC2CCC3(C)OC3C2)cc1. The van der Waals surface area contributed by atoms with Gasteiger partial charge in [-0.3, -0.25) is 0 Å². The molecule has 0 radical (unpaired) electrons. The van der Waals surface area contributed by atoms with Gasteiger partial charge >= 0.3 is 0 Å². The molecule has 3 rings (SSSR count). The third-order valence-electron chi connectivity index (χ3n) is 4.16. The molecule has 19 heavy (non-hydrogen) atoms. The number of hydrogen-bond acceptors (Lipinski definition) is 3. The average molecular weight is 260 g/mol. The zero-order valence-electron chi connectivity index (χ0n) is 11.3. The second-order valence-corrected chi connectivity index (χ2v) is 5.63. The molecule has 0 N–H and O–H groups in total. The topological polar surface area (TPSA) is 31.0 Å². The summed E-state index contributed by atoms with van der Waals surface area (Å²) in [6, 6.07) is 7.64. The zero-order chi connectivity index (χ0) is 13.3. The van der Waals surface area contributed by atoms with E-state index in [4.69, 9.17) is 14.2 Å². The minimum absolute atomic E-state index is 0.195. The molecular formula is C16H20O3. The van der Waals surface area contributed by atoms with Crippen LogP contribution in [-0.2, 0) is 4.74 Å². The van der Waals surface area contributed by atoms with Gasteiger partial charge in [-0.15, -0.1) is 0 Å². The Bertz CT molecular complexity index is 454. The van der Waals surface area contributed by atoms with Gasteiger partial charge in [-0.2, -0.15) is 0 Å². The first-order valence-corrected chi connectivity index (χ1v) is 6.88. The highest BCUT2D eigenvalue weighted by atomic mass is 16.6. The Morgan fingerprint density at radius 2 is 2.11 bits per heavy atom. The van der Waals surface area contributed by atoms with Crippen molar-refractivity contribution < 1.29 is 14.2 Å². The van der Waals surface area contributed by atoms with Crippen LogP contribution in [0.1, 0.15) is 26.2 Å². The second kappa shape index (κ2) is 4.89. The van der Waals surface area contributed by atoms with Crippen molar-refractivity contribution in [2.24, 2.45) is 5.92 Å². The molecule has 3 unspecified atom stereocenters. The molecule has 0 bridgehead atoms. The summed E-state index contributed by atoms with van der Waals surface area (Å²) >= 11 is 0. The van der Waals surface area contributed by atoms with Gasteiger partial charge in [-0.25, -0.2) is 0 Å². The van der Waals surface area contributed by atoms with Gasteiger partial charge in [0.2, 0.25) is 0 Å². The molecule has 2 fully saturated rings. The summed E-state index contributed by atoms with van der Waals surface area (Å²) in [4.78, 5) is 0. The summed E-state index contributed by atoms with van der Waals surface area (Å²) in [5.41, 5.74) is 0.195. The monoisotopic (exact) mass is 260 g/mol. The van der Waals surface area contributed by atoms with E-state index in [0.29, 0.717) is 12.0 Å². The number of fused-ring (bicyclic) bond motifs is 1. The van der Waals surface area contributed by atoms with Gasteiger partial charge in [0.1, 0.15) is 11.5 Å². The lowest BCUT2D eigenvalue weighted by Gasteiger charge is -2.22. The van der Waals surface area contributed by atoms with E-state index in [-0.39, 0.29) is 5.60 Å². The van der Waals surface area contributed by atoms with Crippen LogP contribution in [0.2, 0.25) is 0 Å². The third-order valence-corrected chi connectivity index (χ3v) is 4.16. The van der Waals surface area contributed by atoms with Crippen molar-refractivity contribution in [3.63, 3.8) is 0 Å². The fourth-order valence-electron chi connectivity index (χ4n) is 2.80. The van der Waals surface area contributed by atoms with E-state index >= 15 is 0 Å². The first-order valence-electron chi connectivity index (χ1n) is 6.88. The van der Waals surface area contributed by atoms with E-state index < -0.39 is 0 Å². The molecule has 1 aromatic carbocycles. The molecule has 1 saturated heterocycles. The lowest BCUT2D eigenvalue weighted by molar-refractivity contribution is 0.210. The van der Waals surface area contributed by atoms with Gasteiger partial charge in [-0.1, -0.05) is 6.58 Å². The molecule has 3 nitrogen and oxygen atoms in total. The summed E-state index contributed by atoms with van der Waals surface area (Å²) in [7, 11) is 0. The summed E-state index contributed by atoms with van der Waals surface area (Å²) in [5.74, 6) is 2.29. The van der Waals surface area contributed by atoms with Crippen molar-refractivity contribution in [2.45, 2.75) is 37.9 Å². The van der Waals surface area contributed by atoms with Crippen LogP contribution in [0.4, 0.5) is 0 Å². The normalized spacial score (nSPS) is 32.3. The van der Waals surface area contributed by atoms with Gasteiger partial charge in [0, 0.05) is 0 Å². The molecule has 102 valence electrons. The van der Waals surface area contributed by atoms with Crippen molar-refractivity contribution >= 4 is 0 Å². The maximum atomic E-state index is 5.84. The Labute approximate surface area is 114 Å². The van der Waals surface area contributed by atoms with Gasteiger partial charge in [0.15, 0.2) is 0 Å². The van der Waals surface area contributed by atoms with Crippen molar-refractivity contribution in [3.8, 4) is 11.5 Å². The number of rotatable bonds is 5. The van der Waals surface area contributed by atoms with Crippen LogP contribution in [0, 0.1) is 5.92 Å². The van der Waals surface area contributed by atoms with Gasteiger partial charge in [-0.05, 0) is 56.4 Å². The summed E-state index contributed by atoms with van der Waals surface area (Å²) in [5, 5.41) is 0. The molecule has 1 aliphatic heterocycles. The number of ether oxygens (including phenoxy) is 3. The molecule has 1 heterocycles. The minimum Gasteiger partial charge on any atom is -0.493 e. The highest BCUT2D eigenvalue weighted by Gasteiger charge is 2.55. The van der Waals surface area contributed by atoms with E-state index in [0.717, 1.165) is 30.9 Å². The molecule has 0 spiro atoms. The summed E-state index contributed by atoms with van der Waals surface area (Å²) in [6.07, 6.45) is 5.39. The minimum atomic E-state index is 0.195. The predicted molar refractivity (Wildman–Crippen MR) is 73.4 cm³/mol. The number of hydrogen-bond donors (Lipinski definition) is 0. The second-order valence-electron chi connectivity index (χ2n) is 5.63. The molecular weight excluding hydrogens is 240 g/mol. The first-order chi connectivity index (χ1) is 9.19. The number of benzene rings is 1. The standard InChI is InChI=1S/C16H20O3/c1-3-17-13-4-6-14(7-5-13)18-11-12-8-9-16(2)15(10-12)19-16/h3-7,12,15H,1,8-11H2,2H3. The van der Waals surface area contributed by atoms with Crippen LogP contribution < -0.4 is 9.47 Å². The van der Waals surface area contributed by atoms with Crippen molar-refractivity contribution in [1.82, 2.24) is 0 Å². The van der Waals surface area contributed by atoms with E-state index in [1.54, 1.807) is 0 Å². The smallest absolute Gasteiger partial charge is 0.126 e. The molecule has 0 aromatic heterocycles. The molecule has 3 heteroatoms. The quantitative estimate of drug-likeness (QED) is 0.599. The fraction of sp³-hybridized carbons (Fsp3) is 0.500. The predicted octanol–water partition coefficient (Wildman–Crippen LogP) is 3.55. The number of epoxide rings is 1. The Kier molecular flexibility index (Phi) is 3.23. The van der Waals surface area contributed by atoms with Crippen LogP contribution in [0.3, 0.4) is 0 Å². The lowest BCUT2D eigenvalue weighted by Crippen LogP contribution is -2.25.